The number of aliphatic hydroxyl groups is 1. The Morgan fingerprint density at radius 1 is 1.37 bits per heavy atom. The first kappa shape index (κ1) is 13.2. The molecule has 3 N–H and O–H groups in total. The highest BCUT2D eigenvalue weighted by Gasteiger charge is 2.10. The highest BCUT2D eigenvalue weighted by molar-refractivity contribution is 5.57. The Morgan fingerprint density at radius 3 is 2.68 bits per heavy atom. The number of aromatic hydroxyl groups is 1. The average molecular weight is 264 g/mol. The molecule has 1 heterocycles. The molecular formula is C13H13FN2O3. The van der Waals surface area contributed by atoms with E-state index < -0.39 is 5.82 Å². The Balaban J connectivity index is 2.55. The third-order valence-electron chi connectivity index (χ3n) is 2.74. The second-order valence-electron chi connectivity index (χ2n) is 4.15. The number of hydrogen-bond donors (Lipinski definition) is 3. The summed E-state index contributed by atoms with van der Waals surface area (Å²) in [7, 11) is 0. The van der Waals surface area contributed by atoms with E-state index in [-0.39, 0.29) is 35.7 Å². The van der Waals surface area contributed by atoms with Crippen molar-refractivity contribution in [3.63, 3.8) is 0 Å². The van der Waals surface area contributed by atoms with Gasteiger partial charge < -0.3 is 15.2 Å². The molecule has 0 atom stereocenters. The van der Waals surface area contributed by atoms with E-state index in [0.29, 0.717) is 11.3 Å². The van der Waals surface area contributed by atoms with E-state index in [9.17, 15) is 14.3 Å². The summed E-state index contributed by atoms with van der Waals surface area (Å²) in [6.45, 7) is 1.49. The highest BCUT2D eigenvalue weighted by atomic mass is 19.1. The average Bonchev–Trinajstić information content (AvgIpc) is 2.32. The third-order valence-corrected chi connectivity index (χ3v) is 2.74. The van der Waals surface area contributed by atoms with Gasteiger partial charge in [0, 0.05) is 35.9 Å². The van der Waals surface area contributed by atoms with Crippen LogP contribution in [0, 0.1) is 12.7 Å². The summed E-state index contributed by atoms with van der Waals surface area (Å²) in [6.07, 6.45) is 0.211. The zero-order valence-electron chi connectivity index (χ0n) is 10.3. The van der Waals surface area contributed by atoms with Crippen molar-refractivity contribution in [1.82, 2.24) is 9.97 Å². The van der Waals surface area contributed by atoms with Crippen molar-refractivity contribution in [3.8, 4) is 17.1 Å². The van der Waals surface area contributed by atoms with E-state index in [2.05, 4.69) is 9.97 Å². The molecular weight excluding hydrogens is 251 g/mol. The standard InChI is InChI=1S/C13H13FN2O3/c1-7-11(2-3-17)13(19)16-12(15-7)8-4-9(14)6-10(18)5-8/h4-6,17-18H,2-3H2,1H3,(H,15,16,19). The van der Waals surface area contributed by atoms with Crippen LogP contribution in [0.1, 0.15) is 11.3 Å². The van der Waals surface area contributed by atoms with Crippen molar-refractivity contribution in [2.45, 2.75) is 13.3 Å². The Labute approximate surface area is 108 Å². The summed E-state index contributed by atoms with van der Waals surface area (Å²) >= 11 is 0. The molecule has 0 radical (unpaired) electrons. The Kier molecular flexibility index (Phi) is 3.62. The highest BCUT2D eigenvalue weighted by Crippen LogP contribution is 2.21. The topological polar surface area (TPSA) is 86.2 Å². The predicted molar refractivity (Wildman–Crippen MR) is 67.4 cm³/mol. The van der Waals surface area contributed by atoms with Crippen molar-refractivity contribution >= 4 is 0 Å². The van der Waals surface area contributed by atoms with Crippen LogP contribution in [0.3, 0.4) is 0 Å². The van der Waals surface area contributed by atoms with Gasteiger partial charge in [-0.05, 0) is 19.1 Å². The third kappa shape index (κ3) is 2.79. The normalized spacial score (nSPS) is 10.7. The molecule has 0 saturated heterocycles. The Morgan fingerprint density at radius 2 is 2.11 bits per heavy atom. The molecule has 0 aliphatic carbocycles. The van der Waals surface area contributed by atoms with Crippen LogP contribution in [0.2, 0.25) is 0 Å². The van der Waals surface area contributed by atoms with E-state index in [1.165, 1.54) is 12.1 Å². The second-order valence-corrected chi connectivity index (χ2v) is 4.15. The summed E-state index contributed by atoms with van der Waals surface area (Å²) in [5.41, 5.74) is 0.775. The minimum Gasteiger partial charge on any atom is -0.508 e. The number of nitrogens with zero attached hydrogens (tertiary/aromatic N) is 1. The number of phenols is 1. The molecule has 0 spiro atoms. The van der Waals surface area contributed by atoms with Gasteiger partial charge in [-0.25, -0.2) is 9.37 Å². The van der Waals surface area contributed by atoms with Crippen LogP contribution < -0.4 is 5.56 Å². The number of halogens is 1. The number of aromatic amines is 1. The SMILES string of the molecule is Cc1nc(-c2cc(O)cc(F)c2)[nH]c(=O)c1CCO. The minimum atomic E-state index is -0.616. The molecule has 0 unspecified atom stereocenters. The van der Waals surface area contributed by atoms with Crippen LogP contribution in [-0.4, -0.2) is 26.8 Å². The molecule has 0 aliphatic heterocycles. The van der Waals surface area contributed by atoms with Gasteiger partial charge in [-0.15, -0.1) is 0 Å². The second kappa shape index (κ2) is 5.19. The van der Waals surface area contributed by atoms with Crippen molar-refractivity contribution in [2.24, 2.45) is 0 Å². The van der Waals surface area contributed by atoms with E-state index in [1.807, 2.05) is 0 Å². The fourth-order valence-electron chi connectivity index (χ4n) is 1.86. The summed E-state index contributed by atoms with van der Waals surface area (Å²) in [6, 6.07) is 3.45. The Hall–Kier alpha value is -2.21. The van der Waals surface area contributed by atoms with Gasteiger partial charge in [-0.2, -0.15) is 0 Å². The molecule has 2 rings (SSSR count). The van der Waals surface area contributed by atoms with Crippen molar-refractivity contribution < 1.29 is 14.6 Å². The van der Waals surface area contributed by atoms with Gasteiger partial charge in [0.05, 0.1) is 0 Å². The van der Waals surface area contributed by atoms with Gasteiger partial charge in [-0.3, -0.25) is 4.79 Å². The van der Waals surface area contributed by atoms with Gasteiger partial charge in [0.2, 0.25) is 0 Å². The molecule has 19 heavy (non-hydrogen) atoms. The predicted octanol–water partition coefficient (Wildman–Crippen LogP) is 1.12. The van der Waals surface area contributed by atoms with Gasteiger partial charge in [0.25, 0.3) is 5.56 Å². The number of aromatic nitrogens is 2. The zero-order valence-corrected chi connectivity index (χ0v) is 10.3. The van der Waals surface area contributed by atoms with Crippen molar-refractivity contribution in [3.05, 3.63) is 45.6 Å². The van der Waals surface area contributed by atoms with Gasteiger partial charge in [0.15, 0.2) is 0 Å². The molecule has 5 nitrogen and oxygen atoms in total. The van der Waals surface area contributed by atoms with Crippen LogP contribution in [0.15, 0.2) is 23.0 Å². The van der Waals surface area contributed by atoms with Crippen LogP contribution >= 0.6 is 0 Å². The molecule has 0 aliphatic rings. The molecule has 0 fully saturated rings. The number of benzene rings is 1. The molecule has 0 amide bonds. The van der Waals surface area contributed by atoms with Gasteiger partial charge >= 0.3 is 0 Å². The molecule has 6 heteroatoms. The van der Waals surface area contributed by atoms with Crippen LogP contribution in [0.5, 0.6) is 5.75 Å². The molecule has 100 valence electrons. The van der Waals surface area contributed by atoms with Crippen LogP contribution in [0.25, 0.3) is 11.4 Å². The molecule has 1 aromatic heterocycles. The maximum absolute atomic E-state index is 13.2. The number of hydrogen-bond acceptors (Lipinski definition) is 4. The monoisotopic (exact) mass is 264 g/mol. The number of aliphatic hydroxyl groups excluding tert-OH is 1. The van der Waals surface area contributed by atoms with E-state index in [0.717, 1.165) is 6.07 Å². The minimum absolute atomic E-state index is 0.147. The smallest absolute Gasteiger partial charge is 0.254 e. The first-order valence-corrected chi connectivity index (χ1v) is 5.72. The van der Waals surface area contributed by atoms with Crippen molar-refractivity contribution in [2.75, 3.05) is 6.61 Å². The van der Waals surface area contributed by atoms with Crippen LogP contribution in [0.4, 0.5) is 4.39 Å². The number of phenolic OH excluding ortho intramolecular Hbond substituents is 1. The molecule has 1 aromatic carbocycles. The summed E-state index contributed by atoms with van der Waals surface area (Å²) in [5.74, 6) is -0.677. The lowest BCUT2D eigenvalue weighted by molar-refractivity contribution is 0.298. The largest absolute Gasteiger partial charge is 0.508 e. The zero-order chi connectivity index (χ0) is 14.0. The van der Waals surface area contributed by atoms with E-state index >= 15 is 0 Å². The van der Waals surface area contributed by atoms with E-state index in [4.69, 9.17) is 5.11 Å². The van der Waals surface area contributed by atoms with Gasteiger partial charge in [-0.1, -0.05) is 0 Å². The number of rotatable bonds is 3. The van der Waals surface area contributed by atoms with E-state index in [1.54, 1.807) is 6.92 Å². The van der Waals surface area contributed by atoms with Gasteiger partial charge in [0.1, 0.15) is 17.4 Å². The fraction of sp³-hybridized carbons (Fsp3) is 0.231. The first-order chi connectivity index (χ1) is 9.01. The Bertz CT molecular complexity index is 647. The quantitative estimate of drug-likeness (QED) is 0.775. The summed E-state index contributed by atoms with van der Waals surface area (Å²) in [4.78, 5) is 18.5. The molecule has 2 aromatic rings. The lowest BCUT2D eigenvalue weighted by atomic mass is 10.1. The molecule has 0 bridgehead atoms. The van der Waals surface area contributed by atoms with Crippen LogP contribution in [-0.2, 0) is 6.42 Å². The number of H-pyrrole nitrogens is 1. The maximum atomic E-state index is 13.2. The fourth-order valence-corrected chi connectivity index (χ4v) is 1.86. The summed E-state index contributed by atoms with van der Waals surface area (Å²) < 4.78 is 13.2. The maximum Gasteiger partial charge on any atom is 0.254 e. The number of aryl methyl sites for hydroxylation is 1. The summed E-state index contributed by atoms with van der Waals surface area (Å²) in [5, 5.41) is 18.2. The first-order valence-electron chi connectivity index (χ1n) is 5.72. The lowest BCUT2D eigenvalue weighted by Crippen LogP contribution is -2.18. The lowest BCUT2D eigenvalue weighted by Gasteiger charge is -2.07. The number of nitrogens with one attached hydrogen (secondary N) is 1. The van der Waals surface area contributed by atoms with Crippen molar-refractivity contribution in [1.29, 1.82) is 0 Å². The molecule has 0 saturated carbocycles.